The third-order valence-corrected chi connectivity index (χ3v) is 6.97. The zero-order valence-corrected chi connectivity index (χ0v) is 20.8. The minimum atomic E-state index is -0.256. The maximum Gasteiger partial charge on any atom is 0.264 e. The minimum absolute atomic E-state index is 0.142. The molecule has 1 saturated carbocycles. The molecule has 1 aliphatic rings. The van der Waals surface area contributed by atoms with Gasteiger partial charge in [0.25, 0.3) is 5.56 Å². The maximum absolute atomic E-state index is 13.3. The summed E-state index contributed by atoms with van der Waals surface area (Å²) >= 11 is 1.48. The van der Waals surface area contributed by atoms with Gasteiger partial charge in [-0.2, -0.15) is 4.98 Å². The van der Waals surface area contributed by atoms with Gasteiger partial charge in [0.05, 0.1) is 10.2 Å². The van der Waals surface area contributed by atoms with Gasteiger partial charge in [-0.1, -0.05) is 12.1 Å². The highest BCUT2D eigenvalue weighted by Crippen LogP contribution is 2.34. The van der Waals surface area contributed by atoms with Gasteiger partial charge >= 0.3 is 0 Å². The number of aromatic nitrogens is 4. The van der Waals surface area contributed by atoms with Crippen LogP contribution in [-0.2, 0) is 0 Å². The summed E-state index contributed by atoms with van der Waals surface area (Å²) < 4.78 is 1.02. The maximum atomic E-state index is 13.3. The van der Waals surface area contributed by atoms with Crippen molar-refractivity contribution in [2.24, 2.45) is 5.92 Å². The highest BCUT2D eigenvalue weighted by molar-refractivity contribution is 7.21. The summed E-state index contributed by atoms with van der Waals surface area (Å²) in [6.07, 6.45) is 2.72. The molecule has 0 amide bonds. The summed E-state index contributed by atoms with van der Waals surface area (Å²) in [5, 5.41) is 23.9. The fourth-order valence-electron chi connectivity index (χ4n) is 4.42. The number of anilines is 3. The van der Waals surface area contributed by atoms with Gasteiger partial charge in [0, 0.05) is 36.8 Å². The van der Waals surface area contributed by atoms with Gasteiger partial charge in [-0.3, -0.25) is 14.8 Å². The van der Waals surface area contributed by atoms with Crippen molar-refractivity contribution in [3.05, 3.63) is 58.1 Å². The Kier molecular flexibility index (Phi) is 7.74. The van der Waals surface area contributed by atoms with Crippen LogP contribution in [0.5, 0.6) is 0 Å². The van der Waals surface area contributed by atoms with E-state index in [2.05, 4.69) is 20.6 Å². The monoisotopic (exact) mass is 494 g/mol. The number of rotatable bonds is 6. The van der Waals surface area contributed by atoms with Crippen LogP contribution < -0.4 is 16.2 Å². The van der Waals surface area contributed by atoms with Crippen LogP contribution in [0.2, 0.25) is 0 Å². The molecule has 0 saturated heterocycles. The van der Waals surface area contributed by atoms with Gasteiger partial charge in [0.1, 0.15) is 16.4 Å². The molecule has 3 heterocycles. The number of benzene rings is 1. The number of hydrogen-bond donors (Lipinski definition) is 5. The first-order valence-electron chi connectivity index (χ1n) is 11.5. The van der Waals surface area contributed by atoms with E-state index in [0.717, 1.165) is 53.7 Å². The Labute approximate surface area is 207 Å². The summed E-state index contributed by atoms with van der Waals surface area (Å²) in [7, 11) is 1.00. The lowest BCUT2D eigenvalue weighted by Crippen LogP contribution is -2.22. The van der Waals surface area contributed by atoms with E-state index in [-0.39, 0.29) is 24.1 Å². The topological polar surface area (TPSA) is 136 Å². The zero-order valence-electron chi connectivity index (χ0n) is 20.0. The standard InChI is InChI=1S/C24H26N6O2S.CH4O/c1-13-9-17(10-14(2)25-13)27-24-29-21(26-16-8-7-15(11-16)12-31)20(22(32)30-24)23-28-18-5-3-4-6-19(18)33-23;1-2/h3-6,9-10,15-16,31H,7-8,11-12H2,1-2H3,(H3,25,26,27,29,30,32);2H,1H3. The molecule has 1 fully saturated rings. The van der Waals surface area contributed by atoms with E-state index >= 15 is 0 Å². The average Bonchev–Trinajstić information content (AvgIpc) is 3.46. The largest absolute Gasteiger partial charge is 0.400 e. The predicted molar refractivity (Wildman–Crippen MR) is 140 cm³/mol. The van der Waals surface area contributed by atoms with Crippen molar-refractivity contribution in [2.75, 3.05) is 24.4 Å². The van der Waals surface area contributed by atoms with E-state index in [9.17, 15) is 9.90 Å². The summed E-state index contributed by atoms with van der Waals surface area (Å²) in [6, 6.07) is 11.8. The number of fused-ring (bicyclic) bond motifs is 1. The molecule has 3 aromatic heterocycles. The second-order valence-corrected chi connectivity index (χ2v) is 9.62. The molecule has 0 bridgehead atoms. The first-order valence-corrected chi connectivity index (χ1v) is 12.3. The fraction of sp³-hybridized carbons (Fsp3) is 0.360. The van der Waals surface area contributed by atoms with E-state index in [1.807, 2.05) is 50.2 Å². The number of para-hydroxylation sites is 1. The van der Waals surface area contributed by atoms with E-state index in [0.29, 0.717) is 22.3 Å². The molecule has 5 rings (SSSR count). The first-order chi connectivity index (χ1) is 17.0. The highest BCUT2D eigenvalue weighted by atomic mass is 32.1. The lowest BCUT2D eigenvalue weighted by molar-refractivity contribution is 0.229. The predicted octanol–water partition coefficient (Wildman–Crippen LogP) is 3.98. The number of aliphatic hydroxyl groups is 2. The number of H-pyrrole nitrogens is 1. The summed E-state index contributed by atoms with van der Waals surface area (Å²) in [5.74, 6) is 1.14. The summed E-state index contributed by atoms with van der Waals surface area (Å²) in [5.41, 5.74) is 3.61. The Bertz CT molecular complexity index is 1320. The van der Waals surface area contributed by atoms with Crippen molar-refractivity contribution in [3.8, 4) is 10.6 Å². The smallest absolute Gasteiger partial charge is 0.264 e. The number of nitrogens with one attached hydrogen (secondary N) is 3. The van der Waals surface area contributed by atoms with E-state index in [1.165, 1.54) is 11.3 Å². The molecule has 184 valence electrons. The Morgan fingerprint density at radius 2 is 1.83 bits per heavy atom. The van der Waals surface area contributed by atoms with Gasteiger partial charge in [-0.05, 0) is 63.3 Å². The number of aromatic amines is 1. The fourth-order valence-corrected chi connectivity index (χ4v) is 5.43. The first kappa shape index (κ1) is 24.8. The molecule has 4 aromatic rings. The van der Waals surface area contributed by atoms with Gasteiger partial charge in [-0.15, -0.1) is 11.3 Å². The molecule has 0 radical (unpaired) electrons. The second kappa shape index (κ2) is 10.9. The van der Waals surface area contributed by atoms with Crippen LogP contribution in [0.4, 0.5) is 17.5 Å². The summed E-state index contributed by atoms with van der Waals surface area (Å²) in [6.45, 7) is 4.03. The van der Waals surface area contributed by atoms with Gasteiger partial charge < -0.3 is 20.8 Å². The molecule has 35 heavy (non-hydrogen) atoms. The average molecular weight is 495 g/mol. The van der Waals surface area contributed by atoms with Crippen LogP contribution in [0, 0.1) is 19.8 Å². The molecule has 2 unspecified atom stereocenters. The molecule has 2 atom stereocenters. The van der Waals surface area contributed by atoms with Crippen LogP contribution >= 0.6 is 11.3 Å². The molecule has 0 spiro atoms. The Hall–Kier alpha value is -3.34. The van der Waals surface area contributed by atoms with Crippen molar-refractivity contribution in [1.82, 2.24) is 19.9 Å². The molecule has 5 N–H and O–H groups in total. The van der Waals surface area contributed by atoms with Crippen LogP contribution in [0.3, 0.4) is 0 Å². The lowest BCUT2D eigenvalue weighted by Gasteiger charge is -2.17. The summed E-state index contributed by atoms with van der Waals surface area (Å²) in [4.78, 5) is 30.0. The molecular weight excluding hydrogens is 464 g/mol. The third kappa shape index (κ3) is 5.67. The number of aliphatic hydroxyl groups excluding tert-OH is 2. The number of nitrogens with zero attached hydrogens (tertiary/aromatic N) is 3. The molecule has 9 nitrogen and oxygen atoms in total. The second-order valence-electron chi connectivity index (χ2n) is 8.59. The number of aryl methyl sites for hydroxylation is 2. The number of pyridine rings is 1. The van der Waals surface area contributed by atoms with Gasteiger partial charge in [0.15, 0.2) is 0 Å². The zero-order chi connectivity index (χ0) is 24.9. The van der Waals surface area contributed by atoms with Crippen molar-refractivity contribution in [2.45, 2.75) is 39.2 Å². The highest BCUT2D eigenvalue weighted by Gasteiger charge is 2.27. The Morgan fingerprint density at radius 1 is 1.09 bits per heavy atom. The van der Waals surface area contributed by atoms with Crippen molar-refractivity contribution in [1.29, 1.82) is 0 Å². The third-order valence-electron chi connectivity index (χ3n) is 5.91. The Balaban J connectivity index is 0.00000141. The van der Waals surface area contributed by atoms with Gasteiger partial charge in [-0.25, -0.2) is 4.98 Å². The SMILES string of the molecule is CO.Cc1cc(Nc2nc(NC3CCC(CO)C3)c(-c3nc4ccccc4s3)c(=O)[nH]2)cc(C)n1. The van der Waals surface area contributed by atoms with E-state index in [1.54, 1.807) is 0 Å². The molecule has 1 aromatic carbocycles. The normalized spacial score (nSPS) is 17.2. The quantitative estimate of drug-likeness (QED) is 0.272. The molecular formula is C25H30N6O3S. The van der Waals surface area contributed by atoms with Crippen LogP contribution in [0.15, 0.2) is 41.2 Å². The van der Waals surface area contributed by atoms with E-state index < -0.39 is 0 Å². The number of hydrogen-bond acceptors (Lipinski definition) is 9. The van der Waals surface area contributed by atoms with E-state index in [4.69, 9.17) is 15.1 Å². The van der Waals surface area contributed by atoms with Crippen molar-refractivity contribution < 1.29 is 10.2 Å². The van der Waals surface area contributed by atoms with Gasteiger partial charge in [0.2, 0.25) is 5.95 Å². The van der Waals surface area contributed by atoms with Crippen LogP contribution in [0.25, 0.3) is 20.8 Å². The van der Waals surface area contributed by atoms with Crippen LogP contribution in [-0.4, -0.2) is 49.9 Å². The lowest BCUT2D eigenvalue weighted by atomic mass is 10.1. The van der Waals surface area contributed by atoms with Crippen molar-refractivity contribution >= 4 is 39.0 Å². The van der Waals surface area contributed by atoms with Crippen molar-refractivity contribution in [3.63, 3.8) is 0 Å². The molecule has 10 heteroatoms. The number of thiazole rings is 1. The van der Waals surface area contributed by atoms with Crippen LogP contribution in [0.1, 0.15) is 30.7 Å². The molecule has 0 aliphatic heterocycles. The minimum Gasteiger partial charge on any atom is -0.400 e. The molecule has 1 aliphatic carbocycles. The Morgan fingerprint density at radius 3 is 2.51 bits per heavy atom.